The van der Waals surface area contributed by atoms with E-state index in [1.807, 2.05) is 54.6 Å². The molecule has 2 aromatic carbocycles. The molecule has 0 aliphatic carbocycles. The fourth-order valence-corrected chi connectivity index (χ4v) is 2.55. The number of nitrogens with zero attached hydrogens (tertiary/aromatic N) is 1. The van der Waals surface area contributed by atoms with Crippen LogP contribution in [0.2, 0.25) is 0 Å². The van der Waals surface area contributed by atoms with Gasteiger partial charge in [-0.15, -0.1) is 0 Å². The van der Waals surface area contributed by atoms with Gasteiger partial charge in [-0.2, -0.15) is 0 Å². The number of ether oxygens (including phenoxy) is 1. The Morgan fingerprint density at radius 1 is 1.07 bits per heavy atom. The SMILES string of the molecule is CNC(=O)C(=NOC)c1ccccc1Oc1cccc(C=Cc2ccco2)c1. The lowest BCUT2D eigenvalue weighted by atomic mass is 10.1. The highest BCUT2D eigenvalue weighted by atomic mass is 16.6. The van der Waals surface area contributed by atoms with Crippen LogP contribution >= 0.6 is 0 Å². The number of hydrogen-bond donors (Lipinski definition) is 1. The second-order valence-corrected chi connectivity index (χ2v) is 5.72. The third kappa shape index (κ3) is 4.67. The maximum atomic E-state index is 12.2. The molecule has 0 atom stereocenters. The summed E-state index contributed by atoms with van der Waals surface area (Å²) in [6.45, 7) is 0. The molecule has 0 spiro atoms. The minimum atomic E-state index is -0.368. The van der Waals surface area contributed by atoms with E-state index in [1.165, 1.54) is 14.2 Å². The van der Waals surface area contributed by atoms with E-state index < -0.39 is 0 Å². The van der Waals surface area contributed by atoms with Crippen molar-refractivity contribution in [2.24, 2.45) is 5.16 Å². The van der Waals surface area contributed by atoms with E-state index in [-0.39, 0.29) is 11.6 Å². The Labute approximate surface area is 163 Å². The molecule has 0 saturated carbocycles. The van der Waals surface area contributed by atoms with Crippen molar-refractivity contribution in [1.82, 2.24) is 5.32 Å². The van der Waals surface area contributed by atoms with Crippen molar-refractivity contribution >= 4 is 23.8 Å². The second-order valence-electron chi connectivity index (χ2n) is 5.72. The molecule has 6 nitrogen and oxygen atoms in total. The first-order chi connectivity index (χ1) is 13.7. The monoisotopic (exact) mass is 376 g/mol. The molecule has 0 saturated heterocycles. The predicted octanol–water partition coefficient (Wildman–Crippen LogP) is 4.34. The molecular weight excluding hydrogens is 356 g/mol. The van der Waals surface area contributed by atoms with Gasteiger partial charge in [0.15, 0.2) is 5.71 Å². The van der Waals surface area contributed by atoms with Crippen LogP contribution in [0.25, 0.3) is 12.2 Å². The number of para-hydroxylation sites is 1. The summed E-state index contributed by atoms with van der Waals surface area (Å²) in [6.07, 6.45) is 5.43. The number of hydrogen-bond acceptors (Lipinski definition) is 5. The average molecular weight is 376 g/mol. The van der Waals surface area contributed by atoms with Gasteiger partial charge in [-0.3, -0.25) is 4.79 Å². The number of furan rings is 1. The third-order valence-corrected chi connectivity index (χ3v) is 3.84. The normalized spacial score (nSPS) is 11.4. The van der Waals surface area contributed by atoms with Crippen molar-refractivity contribution in [3.05, 3.63) is 83.8 Å². The van der Waals surface area contributed by atoms with Crippen molar-refractivity contribution in [2.45, 2.75) is 0 Å². The molecular formula is C22H20N2O4. The molecule has 6 heteroatoms. The Morgan fingerprint density at radius 2 is 1.93 bits per heavy atom. The largest absolute Gasteiger partial charge is 0.465 e. The molecule has 1 aromatic heterocycles. The van der Waals surface area contributed by atoms with Crippen LogP contribution in [0, 0.1) is 0 Å². The van der Waals surface area contributed by atoms with Crippen molar-refractivity contribution < 1.29 is 18.8 Å². The molecule has 0 radical (unpaired) electrons. The average Bonchev–Trinajstić information content (AvgIpc) is 3.25. The number of carbonyl (C=O) groups is 1. The number of likely N-dealkylation sites (N-methyl/N-ethyl adjacent to an activating group) is 1. The van der Waals surface area contributed by atoms with Crippen LogP contribution in [0.5, 0.6) is 11.5 Å². The summed E-state index contributed by atoms with van der Waals surface area (Å²) < 4.78 is 11.3. The van der Waals surface area contributed by atoms with E-state index in [9.17, 15) is 4.79 Å². The van der Waals surface area contributed by atoms with Gasteiger partial charge in [0.2, 0.25) is 0 Å². The van der Waals surface area contributed by atoms with Crippen LogP contribution in [-0.2, 0) is 9.63 Å². The Hall–Kier alpha value is -3.80. The number of oxime groups is 1. The summed E-state index contributed by atoms with van der Waals surface area (Å²) in [5, 5.41) is 6.40. The first-order valence-electron chi connectivity index (χ1n) is 8.63. The van der Waals surface area contributed by atoms with Gasteiger partial charge in [-0.1, -0.05) is 35.5 Å². The molecule has 28 heavy (non-hydrogen) atoms. The molecule has 3 rings (SSSR count). The van der Waals surface area contributed by atoms with Crippen LogP contribution in [0.4, 0.5) is 0 Å². The Bertz CT molecular complexity index is 991. The minimum Gasteiger partial charge on any atom is -0.465 e. The van der Waals surface area contributed by atoms with Crippen molar-refractivity contribution in [2.75, 3.05) is 14.2 Å². The Balaban J connectivity index is 1.87. The smallest absolute Gasteiger partial charge is 0.273 e. The topological polar surface area (TPSA) is 73.1 Å². The standard InChI is InChI=1S/C22H20N2O4/c1-23-22(25)21(24-26-2)19-10-3-4-11-20(19)28-18-8-5-7-16(15-18)12-13-17-9-6-14-27-17/h3-15H,1-2H3,(H,23,25). The number of benzene rings is 2. The quantitative estimate of drug-likeness (QED) is 0.492. The summed E-state index contributed by atoms with van der Waals surface area (Å²) in [5.41, 5.74) is 1.61. The van der Waals surface area contributed by atoms with Gasteiger partial charge in [0.25, 0.3) is 5.91 Å². The summed E-state index contributed by atoms with van der Waals surface area (Å²) in [5.74, 6) is 1.52. The van der Waals surface area contributed by atoms with E-state index in [0.29, 0.717) is 17.1 Å². The molecule has 0 aliphatic heterocycles. The zero-order valence-corrected chi connectivity index (χ0v) is 15.6. The van der Waals surface area contributed by atoms with Crippen molar-refractivity contribution in [3.8, 4) is 11.5 Å². The van der Waals surface area contributed by atoms with Gasteiger partial charge >= 0.3 is 0 Å². The highest BCUT2D eigenvalue weighted by molar-refractivity contribution is 6.45. The van der Waals surface area contributed by atoms with E-state index in [2.05, 4.69) is 10.5 Å². The Morgan fingerprint density at radius 3 is 2.68 bits per heavy atom. The van der Waals surface area contributed by atoms with Gasteiger partial charge in [-0.05, 0) is 48.0 Å². The van der Waals surface area contributed by atoms with E-state index in [4.69, 9.17) is 14.0 Å². The molecule has 0 aliphatic rings. The van der Waals surface area contributed by atoms with Crippen LogP contribution in [-0.4, -0.2) is 25.8 Å². The zero-order valence-electron chi connectivity index (χ0n) is 15.6. The van der Waals surface area contributed by atoms with Gasteiger partial charge in [0.05, 0.1) is 11.8 Å². The molecule has 0 fully saturated rings. The Kier molecular flexibility index (Phi) is 6.25. The first kappa shape index (κ1) is 19.0. The highest BCUT2D eigenvalue weighted by Gasteiger charge is 2.18. The van der Waals surface area contributed by atoms with Gasteiger partial charge in [-0.25, -0.2) is 0 Å². The zero-order chi connectivity index (χ0) is 19.8. The number of nitrogens with one attached hydrogen (secondary N) is 1. The van der Waals surface area contributed by atoms with Crippen molar-refractivity contribution in [3.63, 3.8) is 0 Å². The minimum absolute atomic E-state index is 0.134. The first-order valence-corrected chi connectivity index (χ1v) is 8.63. The van der Waals surface area contributed by atoms with Crippen LogP contribution < -0.4 is 10.1 Å². The third-order valence-electron chi connectivity index (χ3n) is 3.84. The fraction of sp³-hybridized carbons (Fsp3) is 0.0909. The molecule has 1 N–H and O–H groups in total. The molecule has 142 valence electrons. The molecule has 3 aromatic rings. The number of carbonyl (C=O) groups excluding carboxylic acids is 1. The predicted molar refractivity (Wildman–Crippen MR) is 108 cm³/mol. The summed E-state index contributed by atoms with van der Waals surface area (Å²) in [6, 6.07) is 18.5. The van der Waals surface area contributed by atoms with Gasteiger partial charge in [0, 0.05) is 7.05 Å². The number of amides is 1. The summed E-state index contributed by atoms with van der Waals surface area (Å²) >= 11 is 0. The summed E-state index contributed by atoms with van der Waals surface area (Å²) in [7, 11) is 2.92. The molecule has 0 bridgehead atoms. The lowest BCUT2D eigenvalue weighted by Crippen LogP contribution is -2.28. The maximum Gasteiger partial charge on any atom is 0.273 e. The fourth-order valence-electron chi connectivity index (χ4n) is 2.55. The molecule has 1 amide bonds. The van der Waals surface area contributed by atoms with Gasteiger partial charge in [0.1, 0.15) is 24.4 Å². The molecule has 0 unspecified atom stereocenters. The van der Waals surface area contributed by atoms with Crippen LogP contribution in [0.15, 0.2) is 76.5 Å². The van der Waals surface area contributed by atoms with E-state index in [0.717, 1.165) is 11.3 Å². The lowest BCUT2D eigenvalue weighted by Gasteiger charge is -2.12. The lowest BCUT2D eigenvalue weighted by molar-refractivity contribution is -0.114. The number of rotatable bonds is 7. The van der Waals surface area contributed by atoms with E-state index in [1.54, 1.807) is 24.5 Å². The molecule has 1 heterocycles. The maximum absolute atomic E-state index is 12.2. The summed E-state index contributed by atoms with van der Waals surface area (Å²) in [4.78, 5) is 17.0. The van der Waals surface area contributed by atoms with Crippen LogP contribution in [0.3, 0.4) is 0 Å². The van der Waals surface area contributed by atoms with Crippen LogP contribution in [0.1, 0.15) is 16.9 Å². The second kappa shape index (κ2) is 9.23. The van der Waals surface area contributed by atoms with Crippen molar-refractivity contribution in [1.29, 1.82) is 0 Å². The highest BCUT2D eigenvalue weighted by Crippen LogP contribution is 2.27. The van der Waals surface area contributed by atoms with Gasteiger partial charge < -0.3 is 19.3 Å². The van der Waals surface area contributed by atoms with E-state index >= 15 is 0 Å².